The Hall–Kier alpha value is -1.39. The topological polar surface area (TPSA) is 35.0 Å². The van der Waals surface area contributed by atoms with Crippen molar-refractivity contribution < 1.29 is 9.13 Å². The first kappa shape index (κ1) is 11.1. The summed E-state index contributed by atoms with van der Waals surface area (Å²) in [7, 11) is 0. The highest BCUT2D eigenvalue weighted by atomic mass is 35.5. The molecule has 0 atom stereocenters. The fraction of sp³-hybridized carbons (Fsp3) is 0. The fourth-order valence-corrected chi connectivity index (χ4v) is 1.35. The summed E-state index contributed by atoms with van der Waals surface area (Å²) in [6.45, 7) is 0. The van der Waals surface area contributed by atoms with Crippen LogP contribution in [0.4, 0.5) is 4.39 Å². The van der Waals surface area contributed by atoms with Crippen LogP contribution in [0.15, 0.2) is 30.5 Å². The first-order valence-electron chi connectivity index (χ1n) is 4.26. The third kappa shape index (κ3) is 2.59. The summed E-state index contributed by atoms with van der Waals surface area (Å²) in [5.41, 5.74) is 0. The van der Waals surface area contributed by atoms with Gasteiger partial charge in [0.2, 0.25) is 11.1 Å². The number of rotatable bonds is 2. The fourth-order valence-electron chi connectivity index (χ4n) is 1.04. The number of nitrogens with zero attached hydrogens (tertiary/aromatic N) is 2. The monoisotopic (exact) mass is 258 g/mol. The van der Waals surface area contributed by atoms with Crippen LogP contribution in [0.2, 0.25) is 10.3 Å². The highest BCUT2D eigenvalue weighted by Gasteiger charge is 2.08. The van der Waals surface area contributed by atoms with E-state index in [4.69, 9.17) is 27.9 Å². The van der Waals surface area contributed by atoms with Gasteiger partial charge in [-0.25, -0.2) is 4.98 Å². The molecule has 2 aromatic rings. The zero-order valence-corrected chi connectivity index (χ0v) is 9.34. The van der Waals surface area contributed by atoms with Crippen LogP contribution in [0.25, 0.3) is 0 Å². The lowest BCUT2D eigenvalue weighted by molar-refractivity contribution is 0.420. The third-order valence-electron chi connectivity index (χ3n) is 1.69. The van der Waals surface area contributed by atoms with Crippen molar-refractivity contribution >= 4 is 23.2 Å². The predicted molar refractivity (Wildman–Crippen MR) is 58.5 cm³/mol. The quantitative estimate of drug-likeness (QED) is 0.771. The van der Waals surface area contributed by atoms with Gasteiger partial charge in [-0.05, 0) is 29.8 Å². The van der Waals surface area contributed by atoms with Crippen molar-refractivity contribution in [3.05, 3.63) is 46.6 Å². The summed E-state index contributed by atoms with van der Waals surface area (Å²) < 4.78 is 18.4. The van der Waals surface area contributed by atoms with Crippen LogP contribution in [0, 0.1) is 5.82 Å². The molecule has 6 heteroatoms. The number of benzene rings is 1. The van der Waals surface area contributed by atoms with Crippen molar-refractivity contribution in [3.63, 3.8) is 0 Å². The largest absolute Gasteiger partial charge is 0.436 e. The Balaban J connectivity index is 2.30. The molecule has 0 saturated carbocycles. The molecule has 0 saturated heterocycles. The molecule has 0 radical (unpaired) electrons. The molecule has 0 fully saturated rings. The van der Waals surface area contributed by atoms with E-state index in [0.717, 1.165) is 6.20 Å². The molecule has 0 aliphatic carbocycles. The summed E-state index contributed by atoms with van der Waals surface area (Å²) in [5, 5.41) is 0.400. The van der Waals surface area contributed by atoms with Gasteiger partial charge in [-0.1, -0.05) is 17.7 Å². The molecule has 0 bridgehead atoms. The number of ether oxygens (including phenoxy) is 1. The smallest absolute Gasteiger partial charge is 0.260 e. The second kappa shape index (κ2) is 4.63. The van der Waals surface area contributed by atoms with E-state index >= 15 is 0 Å². The van der Waals surface area contributed by atoms with Crippen molar-refractivity contribution in [2.75, 3.05) is 0 Å². The molecule has 0 aliphatic heterocycles. The van der Waals surface area contributed by atoms with Gasteiger partial charge in [0.05, 0.1) is 6.20 Å². The molecule has 0 amide bonds. The van der Waals surface area contributed by atoms with Crippen LogP contribution in [-0.2, 0) is 0 Å². The van der Waals surface area contributed by atoms with Crippen molar-refractivity contribution in [2.45, 2.75) is 0 Å². The highest BCUT2D eigenvalue weighted by Crippen LogP contribution is 2.24. The van der Waals surface area contributed by atoms with E-state index in [1.165, 1.54) is 6.07 Å². The minimum atomic E-state index is -0.690. The molecule has 1 aromatic carbocycles. The summed E-state index contributed by atoms with van der Waals surface area (Å²) in [4.78, 5) is 7.08. The first-order valence-corrected chi connectivity index (χ1v) is 5.02. The Bertz CT molecular complexity index is 522. The van der Waals surface area contributed by atoms with Crippen molar-refractivity contribution in [1.82, 2.24) is 9.97 Å². The molecule has 0 spiro atoms. The molecule has 1 aromatic heterocycles. The summed E-state index contributed by atoms with van der Waals surface area (Å²) in [6, 6.07) is 6.52. The van der Waals surface area contributed by atoms with Gasteiger partial charge in [0.25, 0.3) is 5.88 Å². The van der Waals surface area contributed by atoms with Gasteiger partial charge in [0.15, 0.2) is 0 Å². The maximum absolute atomic E-state index is 13.2. The lowest BCUT2D eigenvalue weighted by Gasteiger charge is -2.05. The van der Waals surface area contributed by atoms with Crippen LogP contribution < -0.4 is 4.74 Å². The van der Waals surface area contributed by atoms with E-state index < -0.39 is 5.82 Å². The standard InChI is InChI=1S/C10H5Cl2FN2O/c11-6-2-1-3-7(4-6)16-9-8(13)5-14-10(12)15-9/h1-5H. The molecular formula is C10H5Cl2FN2O. The van der Waals surface area contributed by atoms with E-state index in [0.29, 0.717) is 10.8 Å². The van der Waals surface area contributed by atoms with E-state index in [-0.39, 0.29) is 11.2 Å². The van der Waals surface area contributed by atoms with Crippen molar-refractivity contribution in [2.24, 2.45) is 0 Å². The van der Waals surface area contributed by atoms with Gasteiger partial charge < -0.3 is 4.74 Å². The van der Waals surface area contributed by atoms with Gasteiger partial charge in [0.1, 0.15) is 5.75 Å². The molecule has 0 N–H and O–H groups in total. The molecule has 0 aliphatic rings. The van der Waals surface area contributed by atoms with Crippen LogP contribution in [0.1, 0.15) is 0 Å². The third-order valence-corrected chi connectivity index (χ3v) is 2.11. The summed E-state index contributed by atoms with van der Waals surface area (Å²) in [5.74, 6) is -0.548. The molecule has 0 unspecified atom stereocenters. The lowest BCUT2D eigenvalue weighted by atomic mass is 10.3. The molecule has 16 heavy (non-hydrogen) atoms. The van der Waals surface area contributed by atoms with Crippen LogP contribution in [0.3, 0.4) is 0 Å². The zero-order valence-electron chi connectivity index (χ0n) is 7.82. The second-order valence-corrected chi connectivity index (χ2v) is 3.63. The Morgan fingerprint density at radius 2 is 2.06 bits per heavy atom. The van der Waals surface area contributed by atoms with Crippen molar-refractivity contribution in [1.29, 1.82) is 0 Å². The molecule has 1 heterocycles. The average Bonchev–Trinajstić information content (AvgIpc) is 2.24. The summed E-state index contributed by atoms with van der Waals surface area (Å²) in [6.07, 6.45) is 0.940. The van der Waals surface area contributed by atoms with Gasteiger partial charge in [-0.2, -0.15) is 9.37 Å². The number of halogens is 3. The second-order valence-electron chi connectivity index (χ2n) is 2.85. The number of aromatic nitrogens is 2. The van der Waals surface area contributed by atoms with Crippen LogP contribution in [0.5, 0.6) is 11.6 Å². The normalized spacial score (nSPS) is 10.2. The molecule has 82 valence electrons. The van der Waals surface area contributed by atoms with Crippen LogP contribution in [-0.4, -0.2) is 9.97 Å². The first-order chi connectivity index (χ1) is 7.65. The number of hydrogen-bond acceptors (Lipinski definition) is 3. The molecule has 2 rings (SSSR count). The Kier molecular flexibility index (Phi) is 3.22. The van der Waals surface area contributed by atoms with E-state index in [2.05, 4.69) is 9.97 Å². The minimum Gasteiger partial charge on any atom is -0.436 e. The highest BCUT2D eigenvalue weighted by molar-refractivity contribution is 6.30. The van der Waals surface area contributed by atoms with Crippen LogP contribution >= 0.6 is 23.2 Å². The molecule has 3 nitrogen and oxygen atoms in total. The van der Waals surface area contributed by atoms with E-state index in [1.54, 1.807) is 18.2 Å². The maximum atomic E-state index is 13.2. The minimum absolute atomic E-state index is 0.0848. The number of hydrogen-bond donors (Lipinski definition) is 0. The van der Waals surface area contributed by atoms with Gasteiger partial charge in [-0.15, -0.1) is 0 Å². The van der Waals surface area contributed by atoms with Crippen molar-refractivity contribution in [3.8, 4) is 11.6 Å². The summed E-state index contributed by atoms with van der Waals surface area (Å²) >= 11 is 11.3. The Morgan fingerprint density at radius 3 is 2.81 bits per heavy atom. The lowest BCUT2D eigenvalue weighted by Crippen LogP contribution is -1.94. The van der Waals surface area contributed by atoms with Gasteiger partial charge in [0, 0.05) is 5.02 Å². The van der Waals surface area contributed by atoms with Gasteiger partial charge in [-0.3, -0.25) is 0 Å². The predicted octanol–water partition coefficient (Wildman–Crippen LogP) is 3.71. The average molecular weight is 259 g/mol. The zero-order chi connectivity index (χ0) is 11.5. The SMILES string of the molecule is Fc1cnc(Cl)nc1Oc1cccc(Cl)c1. The Labute approximate surface area is 101 Å². The van der Waals surface area contributed by atoms with E-state index in [9.17, 15) is 4.39 Å². The maximum Gasteiger partial charge on any atom is 0.260 e. The van der Waals surface area contributed by atoms with E-state index in [1.807, 2.05) is 0 Å². The van der Waals surface area contributed by atoms with Gasteiger partial charge >= 0.3 is 0 Å². The Morgan fingerprint density at radius 1 is 1.25 bits per heavy atom. The molecular weight excluding hydrogens is 254 g/mol.